The van der Waals surface area contributed by atoms with Crippen LogP contribution in [0.2, 0.25) is 0 Å². The number of nitrogens with zero attached hydrogens (tertiary/aromatic N) is 5. The van der Waals surface area contributed by atoms with Crippen molar-refractivity contribution in [2.45, 2.75) is 13.0 Å². The van der Waals surface area contributed by atoms with Crippen molar-refractivity contribution in [2.24, 2.45) is 13.0 Å². The van der Waals surface area contributed by atoms with Crippen molar-refractivity contribution in [2.75, 3.05) is 33.2 Å². The van der Waals surface area contributed by atoms with E-state index in [1.807, 2.05) is 30.2 Å². The van der Waals surface area contributed by atoms with Gasteiger partial charge in [-0.3, -0.25) is 14.6 Å². The average Bonchev–Trinajstić information content (AvgIpc) is 2.96. The number of aromatic nitrogens is 3. The third-order valence-electron chi connectivity index (χ3n) is 5.29. The molecule has 0 bridgehead atoms. The van der Waals surface area contributed by atoms with Crippen LogP contribution in [0.3, 0.4) is 0 Å². The standard InChI is InChI=1S/C21H27N5/c1-24-9-10-26(16-18-12-23-25(2)14-18)15-17(13-24)11-19-5-3-7-21-20(19)6-4-8-22-21/h3-8,12,14,17H,9-11,13,15-16H2,1-2H3/t17-/m0/s1. The molecule has 3 heterocycles. The van der Waals surface area contributed by atoms with Gasteiger partial charge >= 0.3 is 0 Å². The van der Waals surface area contributed by atoms with Crippen LogP contribution in [0.5, 0.6) is 0 Å². The molecule has 0 unspecified atom stereocenters. The van der Waals surface area contributed by atoms with Crippen LogP contribution in [0, 0.1) is 5.92 Å². The molecule has 1 aliphatic heterocycles. The van der Waals surface area contributed by atoms with E-state index in [4.69, 9.17) is 0 Å². The minimum absolute atomic E-state index is 0.616. The van der Waals surface area contributed by atoms with E-state index in [-0.39, 0.29) is 0 Å². The molecular weight excluding hydrogens is 322 g/mol. The number of hydrogen-bond donors (Lipinski definition) is 0. The van der Waals surface area contributed by atoms with E-state index < -0.39 is 0 Å². The Morgan fingerprint density at radius 1 is 1.08 bits per heavy atom. The van der Waals surface area contributed by atoms with E-state index >= 15 is 0 Å². The molecule has 4 rings (SSSR count). The number of aryl methyl sites for hydroxylation is 1. The van der Waals surface area contributed by atoms with E-state index in [2.05, 4.69) is 57.4 Å². The quantitative estimate of drug-likeness (QED) is 0.725. The Balaban J connectivity index is 1.52. The summed E-state index contributed by atoms with van der Waals surface area (Å²) in [4.78, 5) is 9.56. The molecule has 5 nitrogen and oxygen atoms in total. The number of benzene rings is 1. The molecule has 0 amide bonds. The van der Waals surface area contributed by atoms with Crippen molar-refractivity contribution in [3.05, 3.63) is 60.0 Å². The molecule has 0 N–H and O–H groups in total. The summed E-state index contributed by atoms with van der Waals surface area (Å²) in [5, 5.41) is 5.61. The first-order valence-electron chi connectivity index (χ1n) is 9.38. The Bertz CT molecular complexity index is 866. The molecule has 1 aromatic carbocycles. The Hall–Kier alpha value is -2.24. The zero-order valence-electron chi connectivity index (χ0n) is 15.7. The van der Waals surface area contributed by atoms with Crippen molar-refractivity contribution >= 4 is 10.9 Å². The first-order chi connectivity index (χ1) is 12.7. The summed E-state index contributed by atoms with van der Waals surface area (Å²) in [5.41, 5.74) is 3.81. The third-order valence-corrected chi connectivity index (χ3v) is 5.29. The minimum Gasteiger partial charge on any atom is -0.305 e. The summed E-state index contributed by atoms with van der Waals surface area (Å²) in [7, 11) is 4.22. The lowest BCUT2D eigenvalue weighted by Crippen LogP contribution is -2.30. The molecule has 0 spiro atoms. The normalized spacial score (nSPS) is 19.7. The monoisotopic (exact) mass is 349 g/mol. The molecular formula is C21H27N5. The zero-order chi connectivity index (χ0) is 17.9. The van der Waals surface area contributed by atoms with Crippen LogP contribution >= 0.6 is 0 Å². The number of pyridine rings is 1. The summed E-state index contributed by atoms with van der Waals surface area (Å²) in [6.07, 6.45) is 7.08. The SMILES string of the molecule is CN1CCN(Cc2cnn(C)c2)C[C@@H](Cc2cccc3ncccc23)C1. The van der Waals surface area contributed by atoms with Gasteiger partial charge in [0, 0.05) is 63.1 Å². The molecule has 26 heavy (non-hydrogen) atoms. The van der Waals surface area contributed by atoms with Gasteiger partial charge in [0.1, 0.15) is 0 Å². The number of rotatable bonds is 4. The van der Waals surface area contributed by atoms with Gasteiger partial charge < -0.3 is 4.90 Å². The maximum absolute atomic E-state index is 4.51. The van der Waals surface area contributed by atoms with Crippen LogP contribution in [-0.2, 0) is 20.0 Å². The summed E-state index contributed by atoms with van der Waals surface area (Å²) < 4.78 is 1.89. The number of hydrogen-bond acceptors (Lipinski definition) is 4. The van der Waals surface area contributed by atoms with E-state index in [9.17, 15) is 0 Å². The first-order valence-corrected chi connectivity index (χ1v) is 9.38. The summed E-state index contributed by atoms with van der Waals surface area (Å²) in [6, 6.07) is 10.7. The van der Waals surface area contributed by atoms with Crippen molar-refractivity contribution < 1.29 is 0 Å². The first kappa shape index (κ1) is 17.2. The fourth-order valence-corrected chi connectivity index (χ4v) is 4.10. The molecule has 5 heteroatoms. The highest BCUT2D eigenvalue weighted by Crippen LogP contribution is 2.22. The molecule has 1 saturated heterocycles. The summed E-state index contributed by atoms with van der Waals surface area (Å²) in [5.74, 6) is 0.616. The van der Waals surface area contributed by atoms with E-state index in [0.717, 1.165) is 44.7 Å². The van der Waals surface area contributed by atoms with Gasteiger partial charge in [-0.1, -0.05) is 18.2 Å². The second-order valence-corrected chi connectivity index (χ2v) is 7.58. The lowest BCUT2D eigenvalue weighted by Gasteiger charge is -2.24. The van der Waals surface area contributed by atoms with Crippen LogP contribution in [0.1, 0.15) is 11.1 Å². The summed E-state index contributed by atoms with van der Waals surface area (Å²) >= 11 is 0. The van der Waals surface area contributed by atoms with Crippen molar-refractivity contribution in [1.82, 2.24) is 24.6 Å². The van der Waals surface area contributed by atoms with Crippen molar-refractivity contribution in [1.29, 1.82) is 0 Å². The zero-order valence-corrected chi connectivity index (χ0v) is 15.7. The lowest BCUT2D eigenvalue weighted by molar-refractivity contribution is 0.249. The van der Waals surface area contributed by atoms with Gasteiger partial charge in [-0.25, -0.2) is 0 Å². The van der Waals surface area contributed by atoms with Crippen LogP contribution < -0.4 is 0 Å². The average molecular weight is 349 g/mol. The van der Waals surface area contributed by atoms with Crippen LogP contribution in [0.4, 0.5) is 0 Å². The van der Waals surface area contributed by atoms with Gasteiger partial charge in [0.15, 0.2) is 0 Å². The minimum atomic E-state index is 0.616. The Labute approximate surface area is 155 Å². The van der Waals surface area contributed by atoms with Gasteiger partial charge in [0.2, 0.25) is 0 Å². The lowest BCUT2D eigenvalue weighted by atomic mass is 9.95. The predicted molar refractivity (Wildman–Crippen MR) is 105 cm³/mol. The van der Waals surface area contributed by atoms with Crippen molar-refractivity contribution in [3.63, 3.8) is 0 Å². The van der Waals surface area contributed by atoms with Gasteiger partial charge in [-0.05, 0) is 37.1 Å². The second-order valence-electron chi connectivity index (χ2n) is 7.58. The Kier molecular flexibility index (Phi) is 5.00. The van der Waals surface area contributed by atoms with E-state index in [1.54, 1.807) is 0 Å². The van der Waals surface area contributed by atoms with E-state index in [1.165, 1.54) is 16.5 Å². The predicted octanol–water partition coefficient (Wildman–Crippen LogP) is 2.57. The number of likely N-dealkylation sites (N-methyl/N-ethyl adjacent to an activating group) is 1. The van der Waals surface area contributed by atoms with E-state index in [0.29, 0.717) is 5.92 Å². The Morgan fingerprint density at radius 3 is 2.85 bits per heavy atom. The molecule has 1 aliphatic rings. The second kappa shape index (κ2) is 7.56. The molecule has 0 saturated carbocycles. The molecule has 1 atom stereocenters. The molecule has 3 aromatic rings. The highest BCUT2D eigenvalue weighted by Gasteiger charge is 2.22. The molecule has 136 valence electrons. The molecule has 1 fully saturated rings. The van der Waals surface area contributed by atoms with Crippen molar-refractivity contribution in [3.8, 4) is 0 Å². The fraction of sp³-hybridized carbons (Fsp3) is 0.429. The van der Waals surface area contributed by atoms with Crippen LogP contribution in [0.25, 0.3) is 10.9 Å². The molecule has 0 radical (unpaired) electrons. The van der Waals surface area contributed by atoms with Gasteiger partial charge in [-0.2, -0.15) is 5.10 Å². The maximum atomic E-state index is 4.51. The highest BCUT2D eigenvalue weighted by atomic mass is 15.3. The molecule has 0 aliphatic carbocycles. The van der Waals surface area contributed by atoms with Gasteiger partial charge in [0.05, 0.1) is 11.7 Å². The topological polar surface area (TPSA) is 37.2 Å². The largest absolute Gasteiger partial charge is 0.305 e. The smallest absolute Gasteiger partial charge is 0.0704 e. The third kappa shape index (κ3) is 3.94. The van der Waals surface area contributed by atoms with Crippen LogP contribution in [-0.4, -0.2) is 57.8 Å². The van der Waals surface area contributed by atoms with Crippen LogP contribution in [0.15, 0.2) is 48.9 Å². The molecule has 2 aromatic heterocycles. The van der Waals surface area contributed by atoms with Gasteiger partial charge in [-0.15, -0.1) is 0 Å². The highest BCUT2D eigenvalue weighted by molar-refractivity contribution is 5.81. The Morgan fingerprint density at radius 2 is 2.00 bits per heavy atom. The van der Waals surface area contributed by atoms with Gasteiger partial charge in [0.25, 0.3) is 0 Å². The summed E-state index contributed by atoms with van der Waals surface area (Å²) in [6.45, 7) is 5.47. The fourth-order valence-electron chi connectivity index (χ4n) is 4.10. The number of fused-ring (bicyclic) bond motifs is 1. The maximum Gasteiger partial charge on any atom is 0.0704 e.